The summed E-state index contributed by atoms with van der Waals surface area (Å²) < 4.78 is 16.7. The van der Waals surface area contributed by atoms with Crippen molar-refractivity contribution in [3.63, 3.8) is 0 Å². The molecule has 1 N–H and O–H groups in total. The van der Waals surface area contributed by atoms with E-state index in [4.69, 9.17) is 31.2 Å². The molecule has 3 aromatic rings. The number of ether oxygens (including phenoxy) is 2. The number of rotatable bonds is 10. The quantitative estimate of drug-likeness (QED) is 0.273. The van der Waals surface area contributed by atoms with Crippen molar-refractivity contribution in [2.75, 3.05) is 20.3 Å². The van der Waals surface area contributed by atoms with Crippen LogP contribution in [0.15, 0.2) is 58.8 Å². The third-order valence-electron chi connectivity index (χ3n) is 6.11. The smallest absolute Gasteiger partial charge is 0.258 e. The van der Waals surface area contributed by atoms with Crippen LogP contribution in [0.2, 0.25) is 0 Å². The molecule has 1 aromatic heterocycles. The van der Waals surface area contributed by atoms with Crippen molar-refractivity contribution >= 4 is 22.9 Å². The zero-order chi connectivity index (χ0) is 24.8. The van der Waals surface area contributed by atoms with Gasteiger partial charge >= 0.3 is 0 Å². The molecule has 35 heavy (non-hydrogen) atoms. The zero-order valence-corrected chi connectivity index (χ0v) is 21.5. The molecule has 8 heteroatoms. The minimum absolute atomic E-state index is 0.218. The number of nitrogens with zero attached hydrogens (tertiary/aromatic N) is 3. The summed E-state index contributed by atoms with van der Waals surface area (Å²) in [6.45, 7) is 7.71. The van der Waals surface area contributed by atoms with E-state index in [0.29, 0.717) is 23.4 Å². The van der Waals surface area contributed by atoms with Gasteiger partial charge in [-0.3, -0.25) is 0 Å². The SMILES string of the molecule is CCCCCN1C(=S)NC(c2ccc(OCC)cc2)C(c2nc(-c3ccc(OC)cc3)no2)=C1C. The predicted octanol–water partition coefficient (Wildman–Crippen LogP) is 6.00. The molecule has 1 aliphatic heterocycles. The molecule has 0 amide bonds. The normalized spacial score (nSPS) is 15.8. The Hall–Kier alpha value is -3.39. The monoisotopic (exact) mass is 492 g/mol. The second kappa shape index (κ2) is 11.4. The highest BCUT2D eigenvalue weighted by atomic mass is 32.1. The van der Waals surface area contributed by atoms with Crippen LogP contribution < -0.4 is 14.8 Å². The second-order valence-corrected chi connectivity index (χ2v) is 8.78. The van der Waals surface area contributed by atoms with Crippen molar-refractivity contribution < 1.29 is 14.0 Å². The van der Waals surface area contributed by atoms with Crippen molar-refractivity contribution in [2.45, 2.75) is 46.1 Å². The number of hydrogen-bond donors (Lipinski definition) is 1. The average Bonchev–Trinajstić information content (AvgIpc) is 3.36. The summed E-state index contributed by atoms with van der Waals surface area (Å²) in [6.07, 6.45) is 3.34. The van der Waals surface area contributed by atoms with Gasteiger partial charge in [-0.2, -0.15) is 4.98 Å². The first-order valence-electron chi connectivity index (χ1n) is 12.1. The first kappa shape index (κ1) is 24.7. The summed E-state index contributed by atoms with van der Waals surface area (Å²) in [5.41, 5.74) is 3.85. The highest BCUT2D eigenvalue weighted by Crippen LogP contribution is 2.38. The van der Waals surface area contributed by atoms with Gasteiger partial charge in [0.1, 0.15) is 11.5 Å². The maximum atomic E-state index is 5.82. The van der Waals surface area contributed by atoms with Crippen LogP contribution in [0.4, 0.5) is 0 Å². The van der Waals surface area contributed by atoms with Gasteiger partial charge in [-0.1, -0.05) is 37.1 Å². The highest BCUT2D eigenvalue weighted by Gasteiger charge is 2.34. The molecule has 0 bridgehead atoms. The van der Waals surface area contributed by atoms with Crippen LogP contribution >= 0.6 is 12.2 Å². The minimum atomic E-state index is -0.218. The molecule has 0 radical (unpaired) electrons. The van der Waals surface area contributed by atoms with E-state index in [1.807, 2.05) is 55.5 Å². The van der Waals surface area contributed by atoms with E-state index < -0.39 is 0 Å². The van der Waals surface area contributed by atoms with Crippen molar-refractivity contribution in [1.82, 2.24) is 20.4 Å². The molecule has 0 aliphatic carbocycles. The molecule has 184 valence electrons. The number of hydrogen-bond acceptors (Lipinski definition) is 6. The summed E-state index contributed by atoms with van der Waals surface area (Å²) in [6, 6.07) is 15.4. The Bertz CT molecular complexity index is 1170. The molecule has 1 atom stereocenters. The lowest BCUT2D eigenvalue weighted by Gasteiger charge is -2.37. The summed E-state index contributed by atoms with van der Waals surface area (Å²) in [4.78, 5) is 6.92. The van der Waals surface area contributed by atoms with Crippen LogP contribution in [0.3, 0.4) is 0 Å². The zero-order valence-electron chi connectivity index (χ0n) is 20.7. The molecule has 2 aromatic carbocycles. The molecular formula is C27H32N4O3S. The largest absolute Gasteiger partial charge is 0.497 e. The van der Waals surface area contributed by atoms with Gasteiger partial charge < -0.3 is 24.2 Å². The third kappa shape index (κ3) is 5.48. The average molecular weight is 493 g/mol. The van der Waals surface area contributed by atoms with E-state index in [9.17, 15) is 0 Å². The Morgan fingerprint density at radius 1 is 1.03 bits per heavy atom. The molecule has 1 unspecified atom stereocenters. The van der Waals surface area contributed by atoms with Gasteiger partial charge in [-0.15, -0.1) is 0 Å². The molecule has 0 fully saturated rings. The van der Waals surface area contributed by atoms with Gasteiger partial charge in [0.2, 0.25) is 5.82 Å². The number of allylic oxidation sites excluding steroid dienone is 1. The number of nitrogens with one attached hydrogen (secondary N) is 1. The van der Waals surface area contributed by atoms with E-state index in [1.165, 1.54) is 0 Å². The Morgan fingerprint density at radius 3 is 2.40 bits per heavy atom. The van der Waals surface area contributed by atoms with E-state index >= 15 is 0 Å². The fourth-order valence-corrected chi connectivity index (χ4v) is 4.56. The van der Waals surface area contributed by atoms with Crippen LogP contribution in [0.1, 0.15) is 57.5 Å². The minimum Gasteiger partial charge on any atom is -0.497 e. The van der Waals surface area contributed by atoms with E-state index in [0.717, 1.165) is 59.7 Å². The Labute approximate surface area is 212 Å². The van der Waals surface area contributed by atoms with Gasteiger partial charge in [-0.05, 0) is 74.4 Å². The fraction of sp³-hybridized carbons (Fsp3) is 0.370. The first-order chi connectivity index (χ1) is 17.0. The molecule has 4 rings (SSSR count). The maximum absolute atomic E-state index is 5.82. The Kier molecular flexibility index (Phi) is 8.02. The van der Waals surface area contributed by atoms with E-state index in [2.05, 4.69) is 29.2 Å². The Morgan fingerprint density at radius 2 is 1.74 bits per heavy atom. The predicted molar refractivity (Wildman–Crippen MR) is 141 cm³/mol. The summed E-state index contributed by atoms with van der Waals surface area (Å²) in [5.74, 6) is 2.61. The van der Waals surface area contributed by atoms with Gasteiger partial charge in [-0.25, -0.2) is 0 Å². The summed E-state index contributed by atoms with van der Waals surface area (Å²) in [5, 5.41) is 8.50. The maximum Gasteiger partial charge on any atom is 0.258 e. The molecule has 2 heterocycles. The van der Waals surface area contributed by atoms with Crippen molar-refractivity contribution in [2.24, 2.45) is 0 Å². The number of methoxy groups -OCH3 is 1. The lowest BCUT2D eigenvalue weighted by Crippen LogP contribution is -2.46. The van der Waals surface area contributed by atoms with Gasteiger partial charge in [0.25, 0.3) is 5.89 Å². The molecular weight excluding hydrogens is 460 g/mol. The Balaban J connectivity index is 1.72. The fourth-order valence-electron chi connectivity index (χ4n) is 4.21. The number of aromatic nitrogens is 2. The second-order valence-electron chi connectivity index (χ2n) is 8.39. The number of benzene rings is 2. The number of unbranched alkanes of at least 4 members (excludes halogenated alkanes) is 2. The highest BCUT2D eigenvalue weighted by molar-refractivity contribution is 7.80. The topological polar surface area (TPSA) is 72.7 Å². The van der Waals surface area contributed by atoms with Crippen LogP contribution in [0.5, 0.6) is 11.5 Å². The van der Waals surface area contributed by atoms with E-state index in [1.54, 1.807) is 7.11 Å². The van der Waals surface area contributed by atoms with Gasteiger partial charge in [0.15, 0.2) is 5.11 Å². The van der Waals surface area contributed by atoms with Crippen LogP contribution in [0, 0.1) is 0 Å². The lowest BCUT2D eigenvalue weighted by atomic mass is 9.94. The molecule has 7 nitrogen and oxygen atoms in total. The van der Waals surface area contributed by atoms with Crippen molar-refractivity contribution in [3.8, 4) is 22.9 Å². The molecule has 1 aliphatic rings. The van der Waals surface area contributed by atoms with Crippen molar-refractivity contribution in [3.05, 3.63) is 65.7 Å². The summed E-state index contributed by atoms with van der Waals surface area (Å²) >= 11 is 5.78. The number of thiocarbonyl (C=S) groups is 1. The molecule has 0 spiro atoms. The van der Waals surface area contributed by atoms with Crippen LogP contribution in [-0.4, -0.2) is 40.4 Å². The molecule has 0 saturated carbocycles. The first-order valence-corrected chi connectivity index (χ1v) is 12.5. The van der Waals surface area contributed by atoms with Crippen LogP contribution in [0.25, 0.3) is 17.0 Å². The standard InChI is InChI=1S/C27H32N4O3S/c1-5-7-8-17-31-18(3)23(24(28-27(31)35)19-9-15-22(16-10-19)33-6-2)26-29-25(30-34-26)20-11-13-21(32-4)14-12-20/h9-16,24H,5-8,17H2,1-4H3,(H,28,35). The van der Waals surface area contributed by atoms with Crippen molar-refractivity contribution in [1.29, 1.82) is 0 Å². The third-order valence-corrected chi connectivity index (χ3v) is 6.45. The molecule has 0 saturated heterocycles. The summed E-state index contributed by atoms with van der Waals surface area (Å²) in [7, 11) is 1.64. The lowest BCUT2D eigenvalue weighted by molar-refractivity contribution is 0.340. The van der Waals surface area contributed by atoms with E-state index in [-0.39, 0.29) is 6.04 Å². The van der Waals surface area contributed by atoms with Gasteiger partial charge in [0, 0.05) is 17.8 Å². The van der Waals surface area contributed by atoms with Gasteiger partial charge in [0.05, 0.1) is 25.3 Å². The van der Waals surface area contributed by atoms with Crippen LogP contribution in [-0.2, 0) is 0 Å².